The number of aromatic amines is 1. The van der Waals surface area contributed by atoms with E-state index >= 15 is 0 Å². The molecule has 0 saturated carbocycles. The van der Waals surface area contributed by atoms with Crippen molar-refractivity contribution in [1.29, 1.82) is 5.26 Å². The summed E-state index contributed by atoms with van der Waals surface area (Å²) in [5.74, 6) is 0.197. The van der Waals surface area contributed by atoms with Gasteiger partial charge in [0.05, 0.1) is 11.1 Å². The van der Waals surface area contributed by atoms with Crippen LogP contribution in [0.4, 0.5) is 0 Å². The first-order valence-corrected chi connectivity index (χ1v) is 5.38. The number of hydrogen-bond donors (Lipinski definition) is 1. The van der Waals surface area contributed by atoms with Crippen molar-refractivity contribution in [2.45, 2.75) is 19.3 Å². The van der Waals surface area contributed by atoms with Gasteiger partial charge in [-0.3, -0.25) is 4.79 Å². The smallest absolute Gasteiger partial charge is 0.165 e. The lowest BCUT2D eigenvalue weighted by Crippen LogP contribution is -2.08. The minimum atomic E-state index is 0.197. The highest BCUT2D eigenvalue weighted by molar-refractivity contribution is 6.10. The summed E-state index contributed by atoms with van der Waals surface area (Å²) in [6, 6.07) is 7.67. The van der Waals surface area contributed by atoms with E-state index in [9.17, 15) is 4.79 Å². The zero-order valence-electron chi connectivity index (χ0n) is 8.71. The molecular formula is C13H10N2O. The molecule has 3 heteroatoms. The largest absolute Gasteiger partial charge is 0.357 e. The summed E-state index contributed by atoms with van der Waals surface area (Å²) in [7, 11) is 0. The van der Waals surface area contributed by atoms with E-state index < -0.39 is 0 Å². The van der Waals surface area contributed by atoms with E-state index in [4.69, 9.17) is 5.26 Å². The average molecular weight is 210 g/mol. The molecule has 2 aromatic rings. The van der Waals surface area contributed by atoms with Gasteiger partial charge in [0.1, 0.15) is 6.07 Å². The molecule has 3 nitrogen and oxygen atoms in total. The third kappa shape index (κ3) is 1.10. The van der Waals surface area contributed by atoms with Crippen molar-refractivity contribution in [3.63, 3.8) is 0 Å². The van der Waals surface area contributed by atoms with Gasteiger partial charge >= 0.3 is 0 Å². The predicted molar refractivity (Wildman–Crippen MR) is 60.3 cm³/mol. The van der Waals surface area contributed by atoms with Gasteiger partial charge in [-0.1, -0.05) is 12.1 Å². The molecule has 1 aromatic carbocycles. The number of nitrogens with zero attached hydrogens (tertiary/aromatic N) is 1. The van der Waals surface area contributed by atoms with Gasteiger partial charge in [-0.15, -0.1) is 0 Å². The summed E-state index contributed by atoms with van der Waals surface area (Å²) >= 11 is 0. The lowest BCUT2D eigenvalue weighted by molar-refractivity contribution is 0.0974. The van der Waals surface area contributed by atoms with Crippen LogP contribution in [-0.4, -0.2) is 10.8 Å². The molecule has 0 fully saturated rings. The molecule has 3 rings (SSSR count). The van der Waals surface area contributed by atoms with Crippen LogP contribution in [0.2, 0.25) is 0 Å². The maximum absolute atomic E-state index is 11.9. The van der Waals surface area contributed by atoms with E-state index in [0.717, 1.165) is 35.0 Å². The Labute approximate surface area is 92.7 Å². The van der Waals surface area contributed by atoms with Crippen molar-refractivity contribution >= 4 is 16.7 Å². The second-order valence-electron chi connectivity index (χ2n) is 4.10. The first-order valence-electron chi connectivity index (χ1n) is 5.38. The monoisotopic (exact) mass is 210 g/mol. The SMILES string of the molecule is N#Cc1cccc2c3c([nH]c12)CCCC3=O. The zero-order chi connectivity index (χ0) is 11.1. The van der Waals surface area contributed by atoms with Crippen molar-refractivity contribution in [1.82, 2.24) is 4.98 Å². The average Bonchev–Trinajstić information content (AvgIpc) is 2.68. The van der Waals surface area contributed by atoms with Crippen LogP contribution in [0.1, 0.15) is 34.5 Å². The fourth-order valence-corrected chi connectivity index (χ4v) is 2.42. The quantitative estimate of drug-likeness (QED) is 0.726. The van der Waals surface area contributed by atoms with E-state index in [1.165, 1.54) is 0 Å². The number of ketones is 1. The summed E-state index contributed by atoms with van der Waals surface area (Å²) < 4.78 is 0. The summed E-state index contributed by atoms with van der Waals surface area (Å²) in [5, 5.41) is 9.91. The molecule has 1 heterocycles. The van der Waals surface area contributed by atoms with Crippen LogP contribution in [0.5, 0.6) is 0 Å². The molecular weight excluding hydrogens is 200 g/mol. The predicted octanol–water partition coefficient (Wildman–Crippen LogP) is 2.56. The van der Waals surface area contributed by atoms with E-state index in [-0.39, 0.29) is 5.78 Å². The maximum Gasteiger partial charge on any atom is 0.165 e. The number of carbonyl (C=O) groups excluding carboxylic acids is 1. The number of carbonyl (C=O) groups is 1. The summed E-state index contributed by atoms with van der Waals surface area (Å²) in [5.41, 5.74) is 3.22. The second-order valence-corrected chi connectivity index (χ2v) is 4.10. The number of para-hydroxylation sites is 1. The van der Waals surface area contributed by atoms with Crippen LogP contribution in [0.25, 0.3) is 10.9 Å². The number of hydrogen-bond acceptors (Lipinski definition) is 2. The van der Waals surface area contributed by atoms with Crippen LogP contribution in [0.15, 0.2) is 18.2 Å². The number of aromatic nitrogens is 1. The minimum Gasteiger partial charge on any atom is -0.357 e. The normalized spacial score (nSPS) is 14.8. The standard InChI is InChI=1S/C13H10N2O/c14-7-8-3-1-4-9-12-10(15-13(8)9)5-2-6-11(12)16/h1,3-4,15H,2,5-6H2. The molecule has 0 bridgehead atoms. The number of fused-ring (bicyclic) bond motifs is 3. The molecule has 0 aliphatic heterocycles. The first kappa shape index (κ1) is 9.17. The lowest BCUT2D eigenvalue weighted by Gasteiger charge is -2.09. The Morgan fingerprint density at radius 2 is 2.19 bits per heavy atom. The molecule has 1 aliphatic carbocycles. The Morgan fingerprint density at radius 1 is 1.31 bits per heavy atom. The van der Waals surface area contributed by atoms with Gasteiger partial charge in [-0.05, 0) is 18.9 Å². The van der Waals surface area contributed by atoms with Gasteiger partial charge < -0.3 is 4.98 Å². The van der Waals surface area contributed by atoms with Crippen LogP contribution in [0.3, 0.4) is 0 Å². The molecule has 0 atom stereocenters. The second kappa shape index (κ2) is 3.21. The molecule has 1 aromatic heterocycles. The fraction of sp³-hybridized carbons (Fsp3) is 0.231. The number of benzene rings is 1. The molecule has 0 unspecified atom stereocenters. The van der Waals surface area contributed by atoms with Crippen LogP contribution in [0, 0.1) is 11.3 Å². The van der Waals surface area contributed by atoms with Gasteiger partial charge in [0.15, 0.2) is 5.78 Å². The third-order valence-electron chi connectivity index (χ3n) is 3.14. The number of Topliss-reactive ketones (excluding diaryl/α,β-unsaturated/α-hetero) is 1. The molecule has 0 radical (unpaired) electrons. The van der Waals surface area contributed by atoms with Gasteiger partial charge in [0, 0.05) is 23.1 Å². The van der Waals surface area contributed by atoms with Gasteiger partial charge in [0.2, 0.25) is 0 Å². The maximum atomic E-state index is 11.9. The Morgan fingerprint density at radius 3 is 3.00 bits per heavy atom. The Kier molecular flexibility index (Phi) is 1.84. The summed E-state index contributed by atoms with van der Waals surface area (Å²) in [6.07, 6.45) is 2.43. The highest BCUT2D eigenvalue weighted by atomic mass is 16.1. The first-order chi connectivity index (χ1) is 7.81. The number of H-pyrrole nitrogens is 1. The molecule has 0 spiro atoms. The van der Waals surface area contributed by atoms with E-state index in [1.54, 1.807) is 6.07 Å². The van der Waals surface area contributed by atoms with Crippen LogP contribution in [-0.2, 0) is 6.42 Å². The molecule has 0 saturated heterocycles. The summed E-state index contributed by atoms with van der Waals surface area (Å²) in [4.78, 5) is 15.1. The number of nitriles is 1. The van der Waals surface area contributed by atoms with Crippen molar-refractivity contribution in [3.05, 3.63) is 35.0 Å². The van der Waals surface area contributed by atoms with E-state index in [0.29, 0.717) is 12.0 Å². The minimum absolute atomic E-state index is 0.197. The van der Waals surface area contributed by atoms with Crippen molar-refractivity contribution in [3.8, 4) is 6.07 Å². The highest BCUT2D eigenvalue weighted by Gasteiger charge is 2.22. The van der Waals surface area contributed by atoms with Crippen molar-refractivity contribution in [2.75, 3.05) is 0 Å². The molecule has 16 heavy (non-hydrogen) atoms. The topological polar surface area (TPSA) is 56.6 Å². The van der Waals surface area contributed by atoms with E-state index in [2.05, 4.69) is 11.1 Å². The van der Waals surface area contributed by atoms with Gasteiger partial charge in [0.25, 0.3) is 0 Å². The molecule has 0 amide bonds. The van der Waals surface area contributed by atoms with Crippen molar-refractivity contribution < 1.29 is 4.79 Å². The molecule has 78 valence electrons. The Balaban J connectivity index is 2.42. The number of aryl methyl sites for hydroxylation is 1. The Hall–Kier alpha value is -2.08. The number of rotatable bonds is 0. The van der Waals surface area contributed by atoms with Gasteiger partial charge in [-0.25, -0.2) is 0 Å². The zero-order valence-corrected chi connectivity index (χ0v) is 8.71. The third-order valence-corrected chi connectivity index (χ3v) is 3.14. The molecule has 1 aliphatic rings. The summed E-state index contributed by atoms with van der Waals surface area (Å²) in [6.45, 7) is 0. The molecule has 1 N–H and O–H groups in total. The fourth-order valence-electron chi connectivity index (χ4n) is 2.42. The van der Waals surface area contributed by atoms with Gasteiger partial charge in [-0.2, -0.15) is 5.26 Å². The number of nitrogens with one attached hydrogen (secondary N) is 1. The van der Waals surface area contributed by atoms with Crippen molar-refractivity contribution in [2.24, 2.45) is 0 Å². The van der Waals surface area contributed by atoms with Crippen LogP contribution < -0.4 is 0 Å². The van der Waals surface area contributed by atoms with E-state index in [1.807, 2.05) is 12.1 Å². The van der Waals surface area contributed by atoms with Crippen LogP contribution >= 0.6 is 0 Å². The highest BCUT2D eigenvalue weighted by Crippen LogP contribution is 2.30. The lowest BCUT2D eigenvalue weighted by atomic mass is 9.94. The Bertz CT molecular complexity index is 631.